The zero-order chi connectivity index (χ0) is 10.7. The lowest BCUT2D eigenvalue weighted by Crippen LogP contribution is -2.02. The van der Waals surface area contributed by atoms with E-state index in [0.29, 0.717) is 5.75 Å². The van der Waals surface area contributed by atoms with Crippen molar-refractivity contribution >= 4 is 12.2 Å². The van der Waals surface area contributed by atoms with Crippen LogP contribution in [0.15, 0.2) is 29.4 Å². The van der Waals surface area contributed by atoms with Crippen LogP contribution in [-0.4, -0.2) is 12.2 Å². The van der Waals surface area contributed by atoms with Crippen LogP contribution in [0.25, 0.3) is 0 Å². The van der Waals surface area contributed by atoms with E-state index < -0.39 is 0 Å². The Morgan fingerprint density at radius 1 is 1.47 bits per heavy atom. The summed E-state index contributed by atoms with van der Waals surface area (Å²) in [4.78, 5) is 15.8. The smallest absolute Gasteiger partial charge is 0.308 e. The number of rotatable bonds is 2. The van der Waals surface area contributed by atoms with E-state index in [1.54, 1.807) is 18.3 Å². The topological polar surface area (TPSA) is 47.9 Å². The van der Waals surface area contributed by atoms with Gasteiger partial charge in [-0.05, 0) is 17.7 Å². The molecule has 1 aliphatic rings. The Balaban J connectivity index is 2.06. The number of hydrogen-bond donors (Lipinski definition) is 0. The molecule has 0 radical (unpaired) electrons. The van der Waals surface area contributed by atoms with Crippen LogP contribution in [0.1, 0.15) is 25.0 Å². The average Bonchev–Trinajstić information content (AvgIpc) is 2.71. The summed E-state index contributed by atoms with van der Waals surface area (Å²) in [6, 6.07) is 7.24. The van der Waals surface area contributed by atoms with Crippen molar-refractivity contribution in [2.75, 3.05) is 0 Å². The number of ether oxygens (including phenoxy) is 1. The highest BCUT2D eigenvalue weighted by Crippen LogP contribution is 2.25. The van der Waals surface area contributed by atoms with Crippen LogP contribution in [-0.2, 0) is 9.63 Å². The highest BCUT2D eigenvalue weighted by atomic mass is 16.6. The summed E-state index contributed by atoms with van der Waals surface area (Å²) in [5.41, 5.74) is 1.03. The molecule has 1 aliphatic heterocycles. The summed E-state index contributed by atoms with van der Waals surface area (Å²) in [6.07, 6.45) is 2.52. The van der Waals surface area contributed by atoms with Crippen LogP contribution < -0.4 is 4.74 Å². The number of carbonyl (C=O) groups excluding carboxylic acids is 1. The zero-order valence-corrected chi connectivity index (χ0v) is 8.34. The lowest BCUT2D eigenvalue weighted by Gasteiger charge is -2.08. The predicted octanol–water partition coefficient (Wildman–Crippen LogP) is 2.06. The highest BCUT2D eigenvalue weighted by molar-refractivity contribution is 5.69. The van der Waals surface area contributed by atoms with Gasteiger partial charge in [0.05, 0.1) is 0 Å². The summed E-state index contributed by atoms with van der Waals surface area (Å²) in [5.74, 6) is 0.230. The zero-order valence-electron chi connectivity index (χ0n) is 8.34. The van der Waals surface area contributed by atoms with Gasteiger partial charge in [0, 0.05) is 19.6 Å². The normalized spacial score (nSPS) is 18.6. The number of oxime groups is 1. The van der Waals surface area contributed by atoms with Crippen molar-refractivity contribution in [3.8, 4) is 5.75 Å². The second-order valence-corrected chi connectivity index (χ2v) is 3.28. The van der Waals surface area contributed by atoms with E-state index in [2.05, 4.69) is 5.16 Å². The van der Waals surface area contributed by atoms with E-state index >= 15 is 0 Å². The Hall–Kier alpha value is -1.84. The maximum absolute atomic E-state index is 10.7. The maximum Gasteiger partial charge on any atom is 0.308 e. The molecule has 15 heavy (non-hydrogen) atoms. The van der Waals surface area contributed by atoms with Gasteiger partial charge in [-0.15, -0.1) is 0 Å². The number of esters is 1. The Bertz CT molecular complexity index is 375. The van der Waals surface area contributed by atoms with Gasteiger partial charge < -0.3 is 9.57 Å². The van der Waals surface area contributed by atoms with Crippen molar-refractivity contribution in [1.82, 2.24) is 0 Å². The number of carbonyl (C=O) groups is 1. The van der Waals surface area contributed by atoms with Crippen molar-refractivity contribution in [1.29, 1.82) is 0 Å². The van der Waals surface area contributed by atoms with E-state index in [4.69, 9.17) is 9.57 Å². The Labute approximate surface area is 87.5 Å². The summed E-state index contributed by atoms with van der Waals surface area (Å²) < 4.78 is 4.92. The standard InChI is InChI=1S/C11H11NO3/c1-8(13)14-10-4-2-9(3-5-10)11-6-7-12-15-11/h2-5,7,11H,6H2,1H3. The molecule has 1 atom stereocenters. The number of benzene rings is 1. The van der Waals surface area contributed by atoms with E-state index in [-0.39, 0.29) is 12.1 Å². The van der Waals surface area contributed by atoms with E-state index in [1.807, 2.05) is 12.1 Å². The number of hydrogen-bond acceptors (Lipinski definition) is 4. The Morgan fingerprint density at radius 3 is 2.73 bits per heavy atom. The molecule has 0 saturated carbocycles. The van der Waals surface area contributed by atoms with Crippen LogP contribution in [0.4, 0.5) is 0 Å². The second kappa shape index (κ2) is 4.13. The van der Waals surface area contributed by atoms with Crippen LogP contribution >= 0.6 is 0 Å². The maximum atomic E-state index is 10.7. The van der Waals surface area contributed by atoms with Gasteiger partial charge in [0.15, 0.2) is 6.10 Å². The van der Waals surface area contributed by atoms with Gasteiger partial charge in [0.1, 0.15) is 5.75 Å². The first-order valence-corrected chi connectivity index (χ1v) is 4.72. The Morgan fingerprint density at radius 2 is 2.20 bits per heavy atom. The molecule has 2 rings (SSSR count). The summed E-state index contributed by atoms with van der Waals surface area (Å²) in [6.45, 7) is 1.38. The minimum Gasteiger partial charge on any atom is -0.427 e. The van der Waals surface area contributed by atoms with Gasteiger partial charge in [-0.3, -0.25) is 4.79 Å². The quantitative estimate of drug-likeness (QED) is 0.548. The molecule has 0 aliphatic carbocycles. The van der Waals surface area contributed by atoms with Gasteiger partial charge in [0.25, 0.3) is 0 Å². The van der Waals surface area contributed by atoms with Gasteiger partial charge in [-0.25, -0.2) is 0 Å². The van der Waals surface area contributed by atoms with Gasteiger partial charge in [-0.2, -0.15) is 0 Å². The third-order valence-corrected chi connectivity index (χ3v) is 2.10. The van der Waals surface area contributed by atoms with Crippen molar-refractivity contribution in [3.63, 3.8) is 0 Å². The van der Waals surface area contributed by atoms with Gasteiger partial charge >= 0.3 is 5.97 Å². The fourth-order valence-electron chi connectivity index (χ4n) is 1.41. The molecule has 0 fully saturated rings. The fraction of sp³-hybridized carbons (Fsp3) is 0.273. The lowest BCUT2D eigenvalue weighted by atomic mass is 10.1. The third kappa shape index (κ3) is 2.34. The molecule has 4 heteroatoms. The predicted molar refractivity (Wildman–Crippen MR) is 54.7 cm³/mol. The highest BCUT2D eigenvalue weighted by Gasteiger charge is 2.15. The molecule has 0 bridgehead atoms. The van der Waals surface area contributed by atoms with Crippen molar-refractivity contribution < 1.29 is 14.4 Å². The molecule has 0 N–H and O–H groups in total. The molecule has 0 amide bonds. The van der Waals surface area contributed by atoms with E-state index in [1.165, 1.54) is 6.92 Å². The third-order valence-electron chi connectivity index (χ3n) is 2.10. The molecule has 1 heterocycles. The molecule has 78 valence electrons. The molecular formula is C11H11NO3. The fourth-order valence-corrected chi connectivity index (χ4v) is 1.41. The van der Waals surface area contributed by atoms with Crippen molar-refractivity contribution in [2.24, 2.45) is 5.16 Å². The minimum absolute atomic E-state index is 0.00335. The van der Waals surface area contributed by atoms with E-state index in [9.17, 15) is 4.79 Å². The van der Waals surface area contributed by atoms with Crippen molar-refractivity contribution in [3.05, 3.63) is 29.8 Å². The molecule has 0 aromatic heterocycles. The molecular weight excluding hydrogens is 194 g/mol. The van der Waals surface area contributed by atoms with Crippen molar-refractivity contribution in [2.45, 2.75) is 19.4 Å². The first-order chi connectivity index (χ1) is 7.25. The van der Waals surface area contributed by atoms with Crippen LogP contribution in [0, 0.1) is 0 Å². The number of nitrogens with zero attached hydrogens (tertiary/aromatic N) is 1. The first-order valence-electron chi connectivity index (χ1n) is 4.72. The largest absolute Gasteiger partial charge is 0.427 e. The molecule has 1 unspecified atom stereocenters. The molecule has 0 saturated heterocycles. The lowest BCUT2D eigenvalue weighted by molar-refractivity contribution is -0.131. The summed E-state index contributed by atoms with van der Waals surface area (Å²) in [5, 5.41) is 3.70. The Kier molecular flexibility index (Phi) is 2.67. The SMILES string of the molecule is CC(=O)Oc1ccc(C2CC=NO2)cc1. The summed E-state index contributed by atoms with van der Waals surface area (Å²) >= 11 is 0. The van der Waals surface area contributed by atoms with Crippen LogP contribution in [0.2, 0.25) is 0 Å². The minimum atomic E-state index is -0.316. The van der Waals surface area contributed by atoms with Crippen LogP contribution in [0.3, 0.4) is 0 Å². The molecule has 0 spiro atoms. The monoisotopic (exact) mass is 205 g/mol. The molecule has 1 aromatic carbocycles. The average molecular weight is 205 g/mol. The second-order valence-electron chi connectivity index (χ2n) is 3.28. The summed E-state index contributed by atoms with van der Waals surface area (Å²) in [7, 11) is 0. The van der Waals surface area contributed by atoms with E-state index in [0.717, 1.165) is 12.0 Å². The first kappa shape index (κ1) is 9.71. The molecule has 4 nitrogen and oxygen atoms in total. The van der Waals surface area contributed by atoms with Crippen LogP contribution in [0.5, 0.6) is 5.75 Å². The van der Waals surface area contributed by atoms with Gasteiger partial charge in [0.2, 0.25) is 0 Å². The van der Waals surface area contributed by atoms with Gasteiger partial charge in [-0.1, -0.05) is 17.3 Å². The molecule has 1 aromatic rings.